The second-order valence-electron chi connectivity index (χ2n) is 4.24. The zero-order valence-corrected chi connectivity index (χ0v) is 10.7. The lowest BCUT2D eigenvalue weighted by atomic mass is 10.3. The lowest BCUT2D eigenvalue weighted by molar-refractivity contribution is -0.162. The van der Waals surface area contributed by atoms with Crippen molar-refractivity contribution in [3.63, 3.8) is 0 Å². The molecule has 1 fully saturated rings. The maximum absolute atomic E-state index is 11.9. The molecule has 0 bridgehead atoms. The van der Waals surface area contributed by atoms with Crippen molar-refractivity contribution in [1.82, 2.24) is 9.80 Å². The first-order chi connectivity index (χ1) is 8.83. The summed E-state index contributed by atoms with van der Waals surface area (Å²) in [5, 5.41) is 0. The summed E-state index contributed by atoms with van der Waals surface area (Å²) < 4.78 is 40.0. The third-order valence-electron chi connectivity index (χ3n) is 2.77. The maximum atomic E-state index is 11.9. The van der Waals surface area contributed by atoms with Crippen LogP contribution in [-0.4, -0.2) is 60.8 Å². The van der Waals surface area contributed by atoms with Crippen molar-refractivity contribution < 1.29 is 27.5 Å². The first-order valence-corrected chi connectivity index (χ1v) is 6.09. The second-order valence-corrected chi connectivity index (χ2v) is 4.24. The first kappa shape index (κ1) is 15.6. The summed E-state index contributed by atoms with van der Waals surface area (Å²) in [5.74, 6) is -0.0227. The van der Waals surface area contributed by atoms with Crippen molar-refractivity contribution in [1.29, 1.82) is 0 Å². The summed E-state index contributed by atoms with van der Waals surface area (Å²) in [6.45, 7) is 1.48. The van der Waals surface area contributed by atoms with Crippen LogP contribution in [0.25, 0.3) is 0 Å². The molecule has 0 N–H and O–H groups in total. The molecular weight excluding hydrogens is 265 g/mol. The SMILES string of the molecule is CCC(=O)N1CCCN(C(=O)OCC(F)(F)F)CC1. The Labute approximate surface area is 109 Å². The number of halogens is 3. The number of ether oxygens (including phenoxy) is 1. The number of carbonyl (C=O) groups excluding carboxylic acids is 2. The molecule has 5 nitrogen and oxygen atoms in total. The molecule has 0 aromatic rings. The zero-order valence-electron chi connectivity index (χ0n) is 10.7. The number of nitrogens with zero attached hydrogens (tertiary/aromatic N) is 2. The fourth-order valence-corrected chi connectivity index (χ4v) is 1.81. The van der Waals surface area contributed by atoms with Crippen LogP contribution in [0.4, 0.5) is 18.0 Å². The van der Waals surface area contributed by atoms with Gasteiger partial charge in [-0.2, -0.15) is 13.2 Å². The molecule has 0 atom stereocenters. The minimum absolute atomic E-state index is 0.0227. The molecule has 0 spiro atoms. The lowest BCUT2D eigenvalue weighted by Crippen LogP contribution is -2.38. The van der Waals surface area contributed by atoms with Crippen molar-refractivity contribution in [2.45, 2.75) is 25.9 Å². The van der Waals surface area contributed by atoms with Crippen molar-refractivity contribution in [3.8, 4) is 0 Å². The van der Waals surface area contributed by atoms with E-state index in [1.54, 1.807) is 11.8 Å². The largest absolute Gasteiger partial charge is 0.440 e. The van der Waals surface area contributed by atoms with Crippen molar-refractivity contribution in [2.24, 2.45) is 0 Å². The zero-order chi connectivity index (χ0) is 14.5. The molecule has 1 aliphatic heterocycles. The Bertz CT molecular complexity index is 334. The lowest BCUT2D eigenvalue weighted by Gasteiger charge is -2.21. The van der Waals surface area contributed by atoms with Crippen molar-refractivity contribution in [2.75, 3.05) is 32.8 Å². The Morgan fingerprint density at radius 3 is 2.26 bits per heavy atom. The smallest absolute Gasteiger partial charge is 0.422 e. The van der Waals surface area contributed by atoms with E-state index in [1.807, 2.05) is 0 Å². The molecule has 110 valence electrons. The number of hydrogen-bond acceptors (Lipinski definition) is 3. The van der Waals surface area contributed by atoms with Crippen molar-refractivity contribution >= 4 is 12.0 Å². The average molecular weight is 282 g/mol. The highest BCUT2D eigenvalue weighted by atomic mass is 19.4. The molecule has 1 heterocycles. The number of amides is 2. The van der Waals surface area contributed by atoms with E-state index in [-0.39, 0.29) is 12.5 Å². The monoisotopic (exact) mass is 282 g/mol. The quantitative estimate of drug-likeness (QED) is 0.773. The van der Waals surface area contributed by atoms with Crippen LogP contribution in [0.1, 0.15) is 19.8 Å². The molecule has 1 rings (SSSR count). The molecule has 2 amide bonds. The van der Waals surface area contributed by atoms with Gasteiger partial charge in [0.25, 0.3) is 0 Å². The van der Waals surface area contributed by atoms with Gasteiger partial charge in [0.1, 0.15) is 0 Å². The van der Waals surface area contributed by atoms with Gasteiger partial charge in [0.15, 0.2) is 6.61 Å². The van der Waals surface area contributed by atoms with E-state index in [2.05, 4.69) is 4.74 Å². The van der Waals surface area contributed by atoms with E-state index in [0.717, 1.165) is 0 Å². The van der Waals surface area contributed by atoms with Crippen LogP contribution >= 0.6 is 0 Å². The Morgan fingerprint density at radius 2 is 1.68 bits per heavy atom. The highest BCUT2D eigenvalue weighted by Gasteiger charge is 2.31. The van der Waals surface area contributed by atoms with Crippen molar-refractivity contribution in [3.05, 3.63) is 0 Å². The van der Waals surface area contributed by atoms with E-state index in [9.17, 15) is 22.8 Å². The van der Waals surface area contributed by atoms with E-state index in [0.29, 0.717) is 32.5 Å². The predicted molar refractivity (Wildman–Crippen MR) is 60.5 cm³/mol. The Morgan fingerprint density at radius 1 is 1.11 bits per heavy atom. The highest BCUT2D eigenvalue weighted by molar-refractivity contribution is 5.76. The third-order valence-corrected chi connectivity index (χ3v) is 2.77. The van der Waals surface area contributed by atoms with E-state index < -0.39 is 18.9 Å². The van der Waals surface area contributed by atoms with Gasteiger partial charge in [-0.25, -0.2) is 4.79 Å². The second kappa shape index (κ2) is 6.63. The van der Waals surface area contributed by atoms with Gasteiger partial charge in [0, 0.05) is 32.6 Å². The summed E-state index contributed by atoms with van der Waals surface area (Å²) in [7, 11) is 0. The molecule has 0 unspecified atom stereocenters. The molecule has 0 saturated carbocycles. The first-order valence-electron chi connectivity index (χ1n) is 6.09. The highest BCUT2D eigenvalue weighted by Crippen LogP contribution is 2.15. The van der Waals surface area contributed by atoms with E-state index >= 15 is 0 Å². The van der Waals surface area contributed by atoms with Crippen LogP contribution in [-0.2, 0) is 9.53 Å². The number of rotatable bonds is 2. The molecule has 0 radical (unpaired) electrons. The van der Waals surface area contributed by atoms with Gasteiger partial charge in [0.2, 0.25) is 5.91 Å². The molecule has 1 saturated heterocycles. The summed E-state index contributed by atoms with van der Waals surface area (Å²) in [5.41, 5.74) is 0. The Balaban J connectivity index is 2.44. The molecular formula is C11H17F3N2O3. The van der Waals surface area contributed by atoms with Gasteiger partial charge in [-0.3, -0.25) is 4.79 Å². The summed E-state index contributed by atoms with van der Waals surface area (Å²) in [6.07, 6.45) is -4.60. The summed E-state index contributed by atoms with van der Waals surface area (Å²) >= 11 is 0. The summed E-state index contributed by atoms with van der Waals surface area (Å²) in [4.78, 5) is 25.8. The molecule has 1 aliphatic rings. The summed E-state index contributed by atoms with van der Waals surface area (Å²) in [6, 6.07) is 0. The fraction of sp³-hybridized carbons (Fsp3) is 0.818. The van der Waals surface area contributed by atoms with Gasteiger partial charge < -0.3 is 14.5 Å². The third kappa shape index (κ3) is 5.35. The average Bonchev–Trinajstić information content (AvgIpc) is 2.59. The van der Waals surface area contributed by atoms with E-state index in [1.165, 1.54) is 4.90 Å². The Hall–Kier alpha value is -1.47. The van der Waals surface area contributed by atoms with Crippen LogP contribution in [0.3, 0.4) is 0 Å². The normalized spacial score (nSPS) is 17.1. The number of hydrogen-bond donors (Lipinski definition) is 0. The molecule has 0 aliphatic carbocycles. The maximum Gasteiger partial charge on any atom is 0.422 e. The standard InChI is InChI=1S/C11H17F3N2O3/c1-2-9(17)15-4-3-5-16(7-6-15)10(18)19-8-11(12,13)14/h2-8H2,1H3. The molecule has 0 aromatic carbocycles. The molecule has 19 heavy (non-hydrogen) atoms. The van der Waals surface area contributed by atoms with Gasteiger partial charge in [-0.1, -0.05) is 6.92 Å². The molecule has 0 aromatic heterocycles. The minimum atomic E-state index is -4.52. The number of alkyl halides is 3. The topological polar surface area (TPSA) is 49.9 Å². The molecule has 8 heteroatoms. The van der Waals surface area contributed by atoms with Crippen LogP contribution in [0.2, 0.25) is 0 Å². The van der Waals surface area contributed by atoms with Gasteiger partial charge in [0.05, 0.1) is 0 Å². The van der Waals surface area contributed by atoms with Gasteiger partial charge in [-0.05, 0) is 6.42 Å². The fourth-order valence-electron chi connectivity index (χ4n) is 1.81. The van der Waals surface area contributed by atoms with Crippen LogP contribution < -0.4 is 0 Å². The Kier molecular flexibility index (Phi) is 5.44. The van der Waals surface area contributed by atoms with Crippen LogP contribution in [0.15, 0.2) is 0 Å². The predicted octanol–water partition coefficient (Wildman–Crippen LogP) is 1.63. The van der Waals surface area contributed by atoms with E-state index in [4.69, 9.17) is 0 Å². The van der Waals surface area contributed by atoms with Crippen LogP contribution in [0, 0.1) is 0 Å². The van der Waals surface area contributed by atoms with Gasteiger partial charge >= 0.3 is 12.3 Å². The van der Waals surface area contributed by atoms with Crippen LogP contribution in [0.5, 0.6) is 0 Å². The number of carbonyl (C=O) groups is 2. The minimum Gasteiger partial charge on any atom is -0.440 e. The van der Waals surface area contributed by atoms with Gasteiger partial charge in [-0.15, -0.1) is 0 Å².